The highest BCUT2D eigenvalue weighted by atomic mass is 16.5. The maximum absolute atomic E-state index is 10.9. The van der Waals surface area contributed by atoms with Gasteiger partial charge in [0.15, 0.2) is 5.82 Å². The van der Waals surface area contributed by atoms with E-state index in [-0.39, 0.29) is 12.6 Å². The quantitative estimate of drug-likeness (QED) is 0.879. The Kier molecular flexibility index (Phi) is 4.70. The molecule has 0 unspecified atom stereocenters. The summed E-state index contributed by atoms with van der Waals surface area (Å²) in [5.41, 5.74) is 1.98. The van der Waals surface area contributed by atoms with Crippen molar-refractivity contribution in [1.29, 1.82) is 0 Å². The number of carboxylic acids is 1. The van der Waals surface area contributed by atoms with Gasteiger partial charge in [0.1, 0.15) is 0 Å². The smallest absolute Gasteiger partial charge is 0.317 e. The van der Waals surface area contributed by atoms with Crippen LogP contribution < -0.4 is 0 Å². The van der Waals surface area contributed by atoms with Gasteiger partial charge in [-0.15, -0.1) is 0 Å². The first-order chi connectivity index (χ1) is 9.95. The van der Waals surface area contributed by atoms with Crippen molar-refractivity contribution in [2.45, 2.75) is 33.4 Å². The van der Waals surface area contributed by atoms with Gasteiger partial charge in [-0.3, -0.25) is 9.69 Å². The fourth-order valence-electron chi connectivity index (χ4n) is 1.99. The van der Waals surface area contributed by atoms with Gasteiger partial charge in [0.05, 0.1) is 13.1 Å². The van der Waals surface area contributed by atoms with Crippen LogP contribution in [0.15, 0.2) is 28.8 Å². The third kappa shape index (κ3) is 4.13. The number of aromatic nitrogens is 2. The number of hydrogen-bond donors (Lipinski definition) is 1. The van der Waals surface area contributed by atoms with Crippen LogP contribution in [0.25, 0.3) is 11.5 Å². The Hall–Kier alpha value is -2.21. The van der Waals surface area contributed by atoms with E-state index in [1.807, 2.05) is 45.0 Å². The molecule has 1 aromatic carbocycles. The lowest BCUT2D eigenvalue weighted by Crippen LogP contribution is -2.35. The van der Waals surface area contributed by atoms with Gasteiger partial charge in [-0.05, 0) is 32.9 Å². The van der Waals surface area contributed by atoms with E-state index >= 15 is 0 Å². The van der Waals surface area contributed by atoms with Gasteiger partial charge in [0.25, 0.3) is 5.89 Å². The zero-order valence-electron chi connectivity index (χ0n) is 12.4. The maximum atomic E-state index is 10.9. The SMILES string of the molecule is Cc1cccc(-c2nc(CN(CC(=O)O)C(C)C)no2)c1. The molecule has 0 saturated heterocycles. The zero-order chi connectivity index (χ0) is 15.4. The van der Waals surface area contributed by atoms with E-state index in [0.717, 1.165) is 11.1 Å². The molecular weight excluding hydrogens is 270 g/mol. The molecule has 0 bridgehead atoms. The molecule has 2 rings (SSSR count). The number of carbonyl (C=O) groups is 1. The minimum Gasteiger partial charge on any atom is -0.480 e. The van der Waals surface area contributed by atoms with Gasteiger partial charge in [-0.25, -0.2) is 0 Å². The molecule has 1 N–H and O–H groups in total. The average molecular weight is 289 g/mol. The normalized spacial score (nSPS) is 11.3. The highest BCUT2D eigenvalue weighted by Crippen LogP contribution is 2.18. The van der Waals surface area contributed by atoms with Gasteiger partial charge >= 0.3 is 5.97 Å². The fraction of sp³-hybridized carbons (Fsp3) is 0.400. The lowest BCUT2D eigenvalue weighted by atomic mass is 10.1. The summed E-state index contributed by atoms with van der Waals surface area (Å²) >= 11 is 0. The minimum absolute atomic E-state index is 0.0496. The summed E-state index contributed by atoms with van der Waals surface area (Å²) in [6.45, 7) is 6.16. The van der Waals surface area contributed by atoms with Crippen LogP contribution in [0.4, 0.5) is 0 Å². The molecule has 0 radical (unpaired) electrons. The topological polar surface area (TPSA) is 79.5 Å². The Morgan fingerprint density at radius 1 is 1.43 bits per heavy atom. The summed E-state index contributed by atoms with van der Waals surface area (Å²) in [7, 11) is 0. The number of aliphatic carboxylic acids is 1. The molecular formula is C15H19N3O3. The maximum Gasteiger partial charge on any atom is 0.317 e. The Morgan fingerprint density at radius 3 is 2.81 bits per heavy atom. The monoisotopic (exact) mass is 289 g/mol. The first-order valence-electron chi connectivity index (χ1n) is 6.81. The fourth-order valence-corrected chi connectivity index (χ4v) is 1.99. The van der Waals surface area contributed by atoms with Gasteiger partial charge < -0.3 is 9.63 Å². The van der Waals surface area contributed by atoms with Gasteiger partial charge in [0.2, 0.25) is 0 Å². The Morgan fingerprint density at radius 2 is 2.19 bits per heavy atom. The van der Waals surface area contributed by atoms with Crippen LogP contribution in [0.5, 0.6) is 0 Å². The lowest BCUT2D eigenvalue weighted by molar-refractivity contribution is -0.139. The van der Waals surface area contributed by atoms with Crippen molar-refractivity contribution in [3.8, 4) is 11.5 Å². The predicted octanol–water partition coefficient (Wildman–Crippen LogP) is 2.34. The molecule has 0 fully saturated rings. The summed E-state index contributed by atoms with van der Waals surface area (Å²) in [4.78, 5) is 17.0. The molecule has 2 aromatic rings. The van der Waals surface area contributed by atoms with E-state index in [1.165, 1.54) is 0 Å². The van der Waals surface area contributed by atoms with E-state index < -0.39 is 5.97 Å². The average Bonchev–Trinajstić information content (AvgIpc) is 2.86. The largest absolute Gasteiger partial charge is 0.480 e. The Bertz CT molecular complexity index is 622. The van der Waals surface area contributed by atoms with Crippen molar-refractivity contribution in [2.24, 2.45) is 0 Å². The molecule has 0 aliphatic rings. The van der Waals surface area contributed by atoms with Crippen molar-refractivity contribution < 1.29 is 14.4 Å². The van der Waals surface area contributed by atoms with E-state index in [1.54, 1.807) is 4.90 Å². The molecule has 21 heavy (non-hydrogen) atoms. The molecule has 1 aromatic heterocycles. The second kappa shape index (κ2) is 6.49. The van der Waals surface area contributed by atoms with E-state index in [4.69, 9.17) is 9.63 Å². The first kappa shape index (κ1) is 15.2. The number of rotatable bonds is 6. The standard InChI is InChI=1S/C15H19N3O3/c1-10(2)18(9-14(19)20)8-13-16-15(21-17-13)12-6-4-5-11(3)7-12/h4-7,10H,8-9H2,1-3H3,(H,19,20). The van der Waals surface area contributed by atoms with Crippen LogP contribution >= 0.6 is 0 Å². The van der Waals surface area contributed by atoms with Crippen LogP contribution in [0.3, 0.4) is 0 Å². The van der Waals surface area contributed by atoms with Crippen LogP contribution in [-0.2, 0) is 11.3 Å². The first-order valence-corrected chi connectivity index (χ1v) is 6.81. The molecule has 112 valence electrons. The number of carboxylic acid groups (broad SMARTS) is 1. The summed E-state index contributed by atoms with van der Waals surface area (Å²) in [5.74, 6) is 0.0697. The van der Waals surface area contributed by atoms with Crippen molar-refractivity contribution >= 4 is 5.97 Å². The van der Waals surface area contributed by atoms with Crippen LogP contribution in [0.1, 0.15) is 25.2 Å². The summed E-state index contributed by atoms with van der Waals surface area (Å²) in [5, 5.41) is 12.8. The molecule has 0 amide bonds. The number of benzene rings is 1. The van der Waals surface area contributed by atoms with Crippen LogP contribution in [-0.4, -0.2) is 38.7 Å². The molecule has 6 heteroatoms. The van der Waals surface area contributed by atoms with Gasteiger partial charge in [0, 0.05) is 11.6 Å². The Labute approximate surface area is 123 Å². The minimum atomic E-state index is -0.869. The van der Waals surface area contributed by atoms with Crippen LogP contribution in [0, 0.1) is 6.92 Å². The number of aryl methyl sites for hydroxylation is 1. The lowest BCUT2D eigenvalue weighted by Gasteiger charge is -2.22. The highest BCUT2D eigenvalue weighted by Gasteiger charge is 2.17. The molecule has 1 heterocycles. The van der Waals surface area contributed by atoms with Crippen molar-refractivity contribution in [3.63, 3.8) is 0 Å². The molecule has 0 spiro atoms. The van der Waals surface area contributed by atoms with E-state index in [0.29, 0.717) is 18.3 Å². The molecule has 0 atom stereocenters. The second-order valence-electron chi connectivity index (χ2n) is 5.28. The third-order valence-corrected chi connectivity index (χ3v) is 3.15. The second-order valence-corrected chi connectivity index (χ2v) is 5.28. The van der Waals surface area contributed by atoms with Gasteiger partial charge in [-0.1, -0.05) is 22.9 Å². The molecule has 0 aliphatic heterocycles. The molecule has 6 nitrogen and oxygen atoms in total. The van der Waals surface area contributed by atoms with E-state index in [9.17, 15) is 4.79 Å². The summed E-state index contributed by atoms with van der Waals surface area (Å²) < 4.78 is 5.26. The van der Waals surface area contributed by atoms with Crippen molar-refractivity contribution in [2.75, 3.05) is 6.54 Å². The molecule has 0 aliphatic carbocycles. The van der Waals surface area contributed by atoms with Gasteiger partial charge in [-0.2, -0.15) is 4.98 Å². The summed E-state index contributed by atoms with van der Waals surface area (Å²) in [6, 6.07) is 7.88. The number of hydrogen-bond acceptors (Lipinski definition) is 5. The Balaban J connectivity index is 2.14. The van der Waals surface area contributed by atoms with E-state index in [2.05, 4.69) is 10.1 Å². The third-order valence-electron chi connectivity index (χ3n) is 3.15. The predicted molar refractivity (Wildman–Crippen MR) is 77.7 cm³/mol. The van der Waals surface area contributed by atoms with Crippen molar-refractivity contribution in [1.82, 2.24) is 15.0 Å². The highest BCUT2D eigenvalue weighted by molar-refractivity contribution is 5.69. The molecule has 0 saturated carbocycles. The number of nitrogens with zero attached hydrogens (tertiary/aromatic N) is 3. The summed E-state index contributed by atoms with van der Waals surface area (Å²) in [6.07, 6.45) is 0. The van der Waals surface area contributed by atoms with Crippen molar-refractivity contribution in [3.05, 3.63) is 35.7 Å². The van der Waals surface area contributed by atoms with Crippen LogP contribution in [0.2, 0.25) is 0 Å². The zero-order valence-corrected chi connectivity index (χ0v) is 12.4.